The van der Waals surface area contributed by atoms with Crippen LogP contribution in [0.3, 0.4) is 0 Å². The normalized spacial score (nSPS) is 10.1. The monoisotopic (exact) mass is 294 g/mol. The fraction of sp³-hybridized carbons (Fsp3) is 0.182. The summed E-state index contributed by atoms with van der Waals surface area (Å²) in [5.74, 6) is 1.90. The number of halogens is 1. The summed E-state index contributed by atoms with van der Waals surface area (Å²) < 4.78 is 6.22. The highest BCUT2D eigenvalue weighted by atomic mass is 79.9. The van der Waals surface area contributed by atoms with Crippen molar-refractivity contribution in [2.75, 3.05) is 19.5 Å². The molecule has 6 heteroatoms. The largest absolute Gasteiger partial charge is 0.496 e. The SMILES string of the molecule is CNc1cnnc(-c2cc(Br)ccc2OC)n1. The van der Waals surface area contributed by atoms with E-state index in [0.717, 1.165) is 10.0 Å². The van der Waals surface area contributed by atoms with Gasteiger partial charge >= 0.3 is 0 Å². The van der Waals surface area contributed by atoms with Crippen molar-refractivity contribution in [2.24, 2.45) is 0 Å². The Kier molecular flexibility index (Phi) is 3.53. The van der Waals surface area contributed by atoms with Gasteiger partial charge in [0.15, 0.2) is 5.82 Å². The van der Waals surface area contributed by atoms with E-state index in [1.54, 1.807) is 20.4 Å². The molecule has 0 bridgehead atoms. The molecule has 1 aromatic heterocycles. The van der Waals surface area contributed by atoms with Gasteiger partial charge in [-0.15, -0.1) is 5.10 Å². The Bertz CT molecular complexity index is 533. The van der Waals surface area contributed by atoms with Crippen molar-refractivity contribution < 1.29 is 4.74 Å². The fourth-order valence-corrected chi connectivity index (χ4v) is 1.75. The molecule has 0 saturated heterocycles. The first-order chi connectivity index (χ1) is 8.24. The molecule has 0 aliphatic carbocycles. The van der Waals surface area contributed by atoms with E-state index in [0.29, 0.717) is 17.4 Å². The van der Waals surface area contributed by atoms with E-state index in [2.05, 4.69) is 36.4 Å². The summed E-state index contributed by atoms with van der Waals surface area (Å²) in [6.45, 7) is 0. The smallest absolute Gasteiger partial charge is 0.187 e. The molecule has 0 amide bonds. The van der Waals surface area contributed by atoms with Gasteiger partial charge in [-0.2, -0.15) is 5.10 Å². The van der Waals surface area contributed by atoms with Crippen molar-refractivity contribution in [1.29, 1.82) is 0 Å². The molecule has 0 unspecified atom stereocenters. The average molecular weight is 295 g/mol. The Morgan fingerprint density at radius 1 is 1.35 bits per heavy atom. The summed E-state index contributed by atoms with van der Waals surface area (Å²) in [5.41, 5.74) is 0.798. The first kappa shape index (κ1) is 11.8. The minimum atomic E-state index is 0.523. The number of aromatic nitrogens is 3. The molecular weight excluding hydrogens is 284 g/mol. The lowest BCUT2D eigenvalue weighted by Crippen LogP contribution is -1.99. The Morgan fingerprint density at radius 2 is 2.18 bits per heavy atom. The Morgan fingerprint density at radius 3 is 2.88 bits per heavy atom. The van der Waals surface area contributed by atoms with Crippen molar-refractivity contribution in [3.8, 4) is 17.1 Å². The van der Waals surface area contributed by atoms with Gasteiger partial charge in [0, 0.05) is 11.5 Å². The van der Waals surface area contributed by atoms with Crippen LogP contribution in [0.2, 0.25) is 0 Å². The molecule has 0 saturated carbocycles. The van der Waals surface area contributed by atoms with E-state index in [4.69, 9.17) is 4.74 Å². The minimum Gasteiger partial charge on any atom is -0.496 e. The predicted octanol–water partition coefficient (Wildman–Crippen LogP) is 2.35. The van der Waals surface area contributed by atoms with Crippen LogP contribution in [0.5, 0.6) is 5.75 Å². The van der Waals surface area contributed by atoms with Crippen LogP contribution >= 0.6 is 15.9 Å². The first-order valence-corrected chi connectivity index (χ1v) is 5.75. The minimum absolute atomic E-state index is 0.523. The van der Waals surface area contributed by atoms with Gasteiger partial charge in [-0.25, -0.2) is 4.98 Å². The van der Waals surface area contributed by atoms with E-state index in [9.17, 15) is 0 Å². The second kappa shape index (κ2) is 5.09. The van der Waals surface area contributed by atoms with Gasteiger partial charge in [-0.1, -0.05) is 15.9 Å². The summed E-state index contributed by atoms with van der Waals surface area (Å²) in [4.78, 5) is 4.33. The molecule has 1 aromatic carbocycles. The third kappa shape index (κ3) is 2.52. The van der Waals surface area contributed by atoms with Crippen molar-refractivity contribution in [3.63, 3.8) is 0 Å². The molecule has 2 rings (SSSR count). The quantitative estimate of drug-likeness (QED) is 0.942. The van der Waals surface area contributed by atoms with Crippen LogP contribution in [0.4, 0.5) is 5.82 Å². The molecule has 0 aliphatic rings. The molecule has 0 spiro atoms. The van der Waals surface area contributed by atoms with Gasteiger partial charge in [-0.3, -0.25) is 0 Å². The fourth-order valence-electron chi connectivity index (χ4n) is 1.39. The van der Waals surface area contributed by atoms with E-state index in [1.165, 1.54) is 0 Å². The molecule has 88 valence electrons. The number of nitrogens with one attached hydrogen (secondary N) is 1. The zero-order valence-electron chi connectivity index (χ0n) is 9.44. The summed E-state index contributed by atoms with van der Waals surface area (Å²) >= 11 is 3.41. The lowest BCUT2D eigenvalue weighted by Gasteiger charge is -2.08. The number of hydrogen-bond donors (Lipinski definition) is 1. The predicted molar refractivity (Wildman–Crippen MR) is 69.1 cm³/mol. The van der Waals surface area contributed by atoms with Crippen LogP contribution in [-0.2, 0) is 0 Å². The molecule has 17 heavy (non-hydrogen) atoms. The zero-order chi connectivity index (χ0) is 12.3. The number of benzene rings is 1. The molecule has 1 N–H and O–H groups in total. The average Bonchev–Trinajstić information content (AvgIpc) is 2.39. The Hall–Kier alpha value is -1.69. The zero-order valence-corrected chi connectivity index (χ0v) is 11.0. The van der Waals surface area contributed by atoms with Gasteiger partial charge in [0.1, 0.15) is 11.6 Å². The van der Waals surface area contributed by atoms with Gasteiger partial charge in [-0.05, 0) is 18.2 Å². The number of rotatable bonds is 3. The van der Waals surface area contributed by atoms with Crippen molar-refractivity contribution in [2.45, 2.75) is 0 Å². The third-order valence-electron chi connectivity index (χ3n) is 2.22. The molecule has 1 heterocycles. The lowest BCUT2D eigenvalue weighted by atomic mass is 10.2. The molecule has 0 atom stereocenters. The molecule has 5 nitrogen and oxygen atoms in total. The second-order valence-electron chi connectivity index (χ2n) is 3.26. The third-order valence-corrected chi connectivity index (χ3v) is 2.71. The van der Waals surface area contributed by atoms with Gasteiger partial charge in [0.25, 0.3) is 0 Å². The Labute approximate surface area is 107 Å². The van der Waals surface area contributed by atoms with E-state index in [1.807, 2.05) is 18.2 Å². The summed E-state index contributed by atoms with van der Waals surface area (Å²) in [7, 11) is 3.40. The number of ether oxygens (including phenoxy) is 1. The van der Waals surface area contributed by atoms with E-state index in [-0.39, 0.29) is 0 Å². The molecule has 0 radical (unpaired) electrons. The van der Waals surface area contributed by atoms with Crippen molar-refractivity contribution in [1.82, 2.24) is 15.2 Å². The van der Waals surface area contributed by atoms with Gasteiger partial charge in [0.2, 0.25) is 0 Å². The van der Waals surface area contributed by atoms with Crippen LogP contribution in [0, 0.1) is 0 Å². The molecular formula is C11H11BrN4O. The lowest BCUT2D eigenvalue weighted by molar-refractivity contribution is 0.416. The van der Waals surface area contributed by atoms with Crippen LogP contribution in [0.15, 0.2) is 28.9 Å². The maximum atomic E-state index is 5.28. The highest BCUT2D eigenvalue weighted by molar-refractivity contribution is 9.10. The van der Waals surface area contributed by atoms with Crippen LogP contribution in [0.1, 0.15) is 0 Å². The first-order valence-electron chi connectivity index (χ1n) is 4.96. The van der Waals surface area contributed by atoms with Gasteiger partial charge < -0.3 is 10.1 Å². The summed E-state index contributed by atoms with van der Waals surface area (Å²) in [5, 5.41) is 10.8. The summed E-state index contributed by atoms with van der Waals surface area (Å²) in [6.07, 6.45) is 1.56. The van der Waals surface area contributed by atoms with E-state index >= 15 is 0 Å². The van der Waals surface area contributed by atoms with Gasteiger partial charge in [0.05, 0.1) is 18.9 Å². The number of hydrogen-bond acceptors (Lipinski definition) is 5. The maximum Gasteiger partial charge on any atom is 0.187 e. The van der Waals surface area contributed by atoms with Crippen molar-refractivity contribution in [3.05, 3.63) is 28.9 Å². The number of methoxy groups -OCH3 is 1. The standard InChI is InChI=1S/C11H11BrN4O/c1-13-10-6-14-16-11(15-10)8-5-7(12)3-4-9(8)17-2/h3-6H,1-2H3,(H,13,15,16). The number of anilines is 1. The summed E-state index contributed by atoms with van der Waals surface area (Å²) in [6, 6.07) is 5.65. The van der Waals surface area contributed by atoms with E-state index < -0.39 is 0 Å². The molecule has 0 aliphatic heterocycles. The number of nitrogens with zero attached hydrogens (tertiary/aromatic N) is 3. The topological polar surface area (TPSA) is 59.9 Å². The highest BCUT2D eigenvalue weighted by Gasteiger charge is 2.10. The van der Waals surface area contributed by atoms with Crippen LogP contribution < -0.4 is 10.1 Å². The second-order valence-corrected chi connectivity index (χ2v) is 4.18. The maximum absolute atomic E-state index is 5.28. The van der Waals surface area contributed by atoms with Crippen LogP contribution in [-0.4, -0.2) is 29.3 Å². The molecule has 2 aromatic rings. The van der Waals surface area contributed by atoms with Crippen LogP contribution in [0.25, 0.3) is 11.4 Å². The molecule has 0 fully saturated rings. The van der Waals surface area contributed by atoms with Crippen molar-refractivity contribution >= 4 is 21.7 Å². The Balaban J connectivity index is 2.54. The highest BCUT2D eigenvalue weighted by Crippen LogP contribution is 2.30.